The largest absolute Gasteiger partial charge is 0.303 e. The van der Waals surface area contributed by atoms with Gasteiger partial charge < -0.3 is 4.79 Å². The molecule has 0 bridgehead atoms. The van der Waals surface area contributed by atoms with Gasteiger partial charge in [-0.2, -0.15) is 0 Å². The number of fused-ring (bicyclic) bond motifs is 1. The van der Waals surface area contributed by atoms with Crippen LogP contribution in [0.3, 0.4) is 0 Å². The third-order valence-electron chi connectivity index (χ3n) is 4.92. The number of carbonyl (C=O) groups is 1. The first-order valence-corrected chi connectivity index (χ1v) is 7.28. The summed E-state index contributed by atoms with van der Waals surface area (Å²) >= 11 is 0. The lowest BCUT2D eigenvalue weighted by Crippen LogP contribution is -2.31. The standard InChI is InChI=1S/C15H26O/c1-2-3-4-12-5-7-15-10-13(11-16)6-8-14(15)9-12/h11-15H,2-10H2,1H3. The van der Waals surface area contributed by atoms with E-state index in [-0.39, 0.29) is 0 Å². The summed E-state index contributed by atoms with van der Waals surface area (Å²) < 4.78 is 0. The lowest BCUT2D eigenvalue weighted by Gasteiger charge is -2.41. The van der Waals surface area contributed by atoms with Crippen molar-refractivity contribution in [3.8, 4) is 0 Å². The first kappa shape index (κ1) is 12.1. The molecule has 2 rings (SSSR count). The zero-order valence-corrected chi connectivity index (χ0v) is 10.7. The summed E-state index contributed by atoms with van der Waals surface area (Å²) in [6, 6.07) is 0. The second-order valence-corrected chi connectivity index (χ2v) is 6.05. The van der Waals surface area contributed by atoms with Crippen molar-refractivity contribution in [1.29, 1.82) is 0 Å². The van der Waals surface area contributed by atoms with Crippen LogP contribution >= 0.6 is 0 Å². The summed E-state index contributed by atoms with van der Waals surface area (Å²) in [5, 5.41) is 0. The lowest BCUT2D eigenvalue weighted by molar-refractivity contribution is -0.113. The molecule has 2 fully saturated rings. The highest BCUT2D eigenvalue weighted by molar-refractivity contribution is 5.53. The Morgan fingerprint density at radius 2 is 1.81 bits per heavy atom. The first-order chi connectivity index (χ1) is 7.83. The van der Waals surface area contributed by atoms with E-state index in [1.165, 1.54) is 64.1 Å². The highest BCUT2D eigenvalue weighted by atomic mass is 16.1. The van der Waals surface area contributed by atoms with E-state index in [2.05, 4.69) is 6.92 Å². The van der Waals surface area contributed by atoms with Gasteiger partial charge >= 0.3 is 0 Å². The molecule has 0 spiro atoms. The molecule has 4 atom stereocenters. The van der Waals surface area contributed by atoms with E-state index in [1.807, 2.05) is 0 Å². The van der Waals surface area contributed by atoms with Gasteiger partial charge in [0.15, 0.2) is 0 Å². The maximum Gasteiger partial charge on any atom is 0.123 e. The van der Waals surface area contributed by atoms with Crippen molar-refractivity contribution >= 4 is 6.29 Å². The van der Waals surface area contributed by atoms with E-state index < -0.39 is 0 Å². The summed E-state index contributed by atoms with van der Waals surface area (Å²) in [6.07, 6.45) is 13.4. The van der Waals surface area contributed by atoms with E-state index in [0.29, 0.717) is 5.92 Å². The van der Waals surface area contributed by atoms with Crippen molar-refractivity contribution < 1.29 is 4.79 Å². The fraction of sp³-hybridized carbons (Fsp3) is 0.933. The molecule has 0 amide bonds. The molecule has 2 aliphatic carbocycles. The molecule has 4 unspecified atom stereocenters. The normalized spacial score (nSPS) is 39.1. The fourth-order valence-corrected chi connectivity index (χ4v) is 3.90. The molecular weight excluding hydrogens is 196 g/mol. The van der Waals surface area contributed by atoms with E-state index in [0.717, 1.165) is 17.8 Å². The first-order valence-electron chi connectivity index (χ1n) is 7.28. The van der Waals surface area contributed by atoms with Crippen LogP contribution in [0.5, 0.6) is 0 Å². The quantitative estimate of drug-likeness (QED) is 0.651. The molecule has 0 radical (unpaired) electrons. The maximum absolute atomic E-state index is 10.8. The van der Waals surface area contributed by atoms with E-state index in [1.54, 1.807) is 0 Å². The Balaban J connectivity index is 1.80. The van der Waals surface area contributed by atoms with Gasteiger partial charge in [-0.25, -0.2) is 0 Å². The molecule has 0 aromatic carbocycles. The predicted octanol–water partition coefficient (Wildman–Crippen LogP) is 4.21. The Labute approximate surface area is 100.0 Å². The number of unbranched alkanes of at least 4 members (excludes halogenated alkanes) is 1. The molecule has 2 aliphatic rings. The summed E-state index contributed by atoms with van der Waals surface area (Å²) in [5.74, 6) is 3.26. The van der Waals surface area contributed by atoms with Gasteiger partial charge in [-0.3, -0.25) is 0 Å². The van der Waals surface area contributed by atoms with Crippen LogP contribution in [0.4, 0.5) is 0 Å². The molecule has 0 aromatic rings. The molecule has 0 aromatic heterocycles. The second-order valence-electron chi connectivity index (χ2n) is 6.05. The van der Waals surface area contributed by atoms with Gasteiger partial charge in [0, 0.05) is 5.92 Å². The van der Waals surface area contributed by atoms with E-state index in [9.17, 15) is 4.79 Å². The van der Waals surface area contributed by atoms with E-state index in [4.69, 9.17) is 0 Å². The van der Waals surface area contributed by atoms with Gasteiger partial charge in [0.1, 0.15) is 6.29 Å². The minimum atomic E-state index is 0.397. The van der Waals surface area contributed by atoms with Crippen LogP contribution in [-0.2, 0) is 4.79 Å². The number of rotatable bonds is 4. The summed E-state index contributed by atoms with van der Waals surface area (Å²) in [5.41, 5.74) is 0. The number of hydrogen-bond donors (Lipinski definition) is 0. The molecule has 0 aliphatic heterocycles. The average molecular weight is 222 g/mol. The second kappa shape index (κ2) is 5.84. The van der Waals surface area contributed by atoms with Crippen molar-refractivity contribution in [3.05, 3.63) is 0 Å². The molecule has 92 valence electrons. The van der Waals surface area contributed by atoms with Crippen molar-refractivity contribution in [1.82, 2.24) is 0 Å². The minimum Gasteiger partial charge on any atom is -0.303 e. The Morgan fingerprint density at radius 1 is 1.06 bits per heavy atom. The van der Waals surface area contributed by atoms with Gasteiger partial charge in [-0.15, -0.1) is 0 Å². The van der Waals surface area contributed by atoms with Crippen molar-refractivity contribution in [3.63, 3.8) is 0 Å². The topological polar surface area (TPSA) is 17.1 Å². The Bertz CT molecular complexity index is 223. The number of carbonyl (C=O) groups excluding carboxylic acids is 1. The van der Waals surface area contributed by atoms with Crippen LogP contribution in [0, 0.1) is 23.7 Å². The average Bonchev–Trinajstić information content (AvgIpc) is 2.35. The molecule has 0 N–H and O–H groups in total. The van der Waals surface area contributed by atoms with E-state index >= 15 is 0 Å². The molecule has 0 heterocycles. The molecule has 0 saturated heterocycles. The Hall–Kier alpha value is -0.330. The SMILES string of the molecule is CCCCC1CCC2CC(C=O)CCC2C1. The highest BCUT2D eigenvalue weighted by Crippen LogP contribution is 2.45. The van der Waals surface area contributed by atoms with Gasteiger partial charge in [0.05, 0.1) is 0 Å². The smallest absolute Gasteiger partial charge is 0.123 e. The zero-order valence-electron chi connectivity index (χ0n) is 10.7. The van der Waals surface area contributed by atoms with Gasteiger partial charge in [-0.05, 0) is 49.9 Å². The highest BCUT2D eigenvalue weighted by Gasteiger charge is 2.34. The summed E-state index contributed by atoms with van der Waals surface area (Å²) in [6.45, 7) is 2.29. The molecule has 16 heavy (non-hydrogen) atoms. The van der Waals surface area contributed by atoms with Gasteiger partial charge in [0.2, 0.25) is 0 Å². The van der Waals surface area contributed by atoms with Crippen LogP contribution in [0.1, 0.15) is 64.7 Å². The monoisotopic (exact) mass is 222 g/mol. The van der Waals surface area contributed by atoms with Crippen LogP contribution in [0.2, 0.25) is 0 Å². The minimum absolute atomic E-state index is 0.397. The third-order valence-corrected chi connectivity index (χ3v) is 4.92. The van der Waals surface area contributed by atoms with Crippen LogP contribution in [0.25, 0.3) is 0 Å². The molecule has 1 nitrogen and oxygen atoms in total. The number of hydrogen-bond acceptors (Lipinski definition) is 1. The summed E-state index contributed by atoms with van der Waals surface area (Å²) in [4.78, 5) is 10.8. The van der Waals surface area contributed by atoms with Crippen molar-refractivity contribution in [2.75, 3.05) is 0 Å². The molecule has 1 heteroatoms. The lowest BCUT2D eigenvalue weighted by atomic mass is 9.64. The van der Waals surface area contributed by atoms with Crippen LogP contribution in [0.15, 0.2) is 0 Å². The van der Waals surface area contributed by atoms with Gasteiger partial charge in [-0.1, -0.05) is 32.6 Å². The summed E-state index contributed by atoms with van der Waals surface area (Å²) in [7, 11) is 0. The van der Waals surface area contributed by atoms with Crippen molar-refractivity contribution in [2.45, 2.75) is 64.7 Å². The van der Waals surface area contributed by atoms with Crippen LogP contribution < -0.4 is 0 Å². The Kier molecular flexibility index (Phi) is 4.43. The molecule has 2 saturated carbocycles. The third kappa shape index (κ3) is 2.87. The van der Waals surface area contributed by atoms with Gasteiger partial charge in [0.25, 0.3) is 0 Å². The van der Waals surface area contributed by atoms with Crippen molar-refractivity contribution in [2.24, 2.45) is 23.7 Å². The number of aldehydes is 1. The fourth-order valence-electron chi connectivity index (χ4n) is 3.90. The van der Waals surface area contributed by atoms with Crippen LogP contribution in [-0.4, -0.2) is 6.29 Å². The zero-order chi connectivity index (χ0) is 11.4. The maximum atomic E-state index is 10.8. The predicted molar refractivity (Wildman–Crippen MR) is 67.3 cm³/mol. The Morgan fingerprint density at radius 3 is 2.56 bits per heavy atom. The molecular formula is C15H26O.